The fourth-order valence-corrected chi connectivity index (χ4v) is 0.749. The number of carboxylic acids is 1. The normalized spacial score (nSPS) is 11.6. The summed E-state index contributed by atoms with van der Waals surface area (Å²) in [5.74, 6) is -2.03. The zero-order valence-corrected chi connectivity index (χ0v) is 9.01. The van der Waals surface area contributed by atoms with Crippen LogP contribution in [0.2, 0.25) is 0 Å². The lowest BCUT2D eigenvalue weighted by molar-refractivity contribution is -0.146. The molecular weight excluding hydrogens is 234 g/mol. The Morgan fingerprint density at radius 1 is 1.29 bits per heavy atom. The highest BCUT2D eigenvalue weighted by molar-refractivity contribution is 5.76. The molecule has 0 aliphatic heterocycles. The third-order valence-electron chi connectivity index (χ3n) is 1.52. The van der Waals surface area contributed by atoms with Gasteiger partial charge >= 0.3 is 12.0 Å². The lowest BCUT2D eigenvalue weighted by atomic mass is 10.4. The molecule has 0 spiro atoms. The molecule has 0 aliphatic carbocycles. The largest absolute Gasteiger partial charge is 0.479 e. The SMILES string of the molecule is NC(=O)COCCNC(=O)NCC(O)C(=O)O. The van der Waals surface area contributed by atoms with E-state index in [-0.39, 0.29) is 19.8 Å². The van der Waals surface area contributed by atoms with Gasteiger partial charge in [0.2, 0.25) is 5.91 Å². The van der Waals surface area contributed by atoms with Crippen LogP contribution in [0.1, 0.15) is 0 Å². The van der Waals surface area contributed by atoms with Crippen molar-refractivity contribution in [2.24, 2.45) is 5.73 Å². The summed E-state index contributed by atoms with van der Waals surface area (Å²) in [6.45, 7) is -0.412. The molecule has 98 valence electrons. The summed E-state index contributed by atoms with van der Waals surface area (Å²) in [6, 6.07) is -0.645. The Morgan fingerprint density at radius 3 is 2.47 bits per heavy atom. The standard InChI is InChI=1S/C8H15N3O6/c9-6(13)4-17-2-1-10-8(16)11-3-5(12)7(14)15/h5,12H,1-4H2,(H2,9,13)(H,14,15)(H2,10,11,16). The first kappa shape index (κ1) is 15.1. The highest BCUT2D eigenvalue weighted by Gasteiger charge is 2.13. The van der Waals surface area contributed by atoms with E-state index >= 15 is 0 Å². The van der Waals surface area contributed by atoms with Gasteiger partial charge in [0.1, 0.15) is 6.61 Å². The Morgan fingerprint density at radius 2 is 1.94 bits per heavy atom. The van der Waals surface area contributed by atoms with Crippen molar-refractivity contribution < 1.29 is 29.3 Å². The van der Waals surface area contributed by atoms with Gasteiger partial charge in [-0.3, -0.25) is 4.79 Å². The number of nitrogens with two attached hydrogens (primary N) is 1. The molecule has 0 bridgehead atoms. The third-order valence-corrected chi connectivity index (χ3v) is 1.52. The molecule has 0 fully saturated rings. The Bertz CT molecular complexity index is 282. The van der Waals surface area contributed by atoms with Gasteiger partial charge < -0.3 is 31.3 Å². The first-order valence-electron chi connectivity index (χ1n) is 4.72. The topological polar surface area (TPSA) is 151 Å². The molecule has 9 nitrogen and oxygen atoms in total. The zero-order chi connectivity index (χ0) is 13.3. The highest BCUT2D eigenvalue weighted by Crippen LogP contribution is 1.79. The second kappa shape index (κ2) is 8.30. The van der Waals surface area contributed by atoms with Crippen LogP contribution in [0.25, 0.3) is 0 Å². The number of amides is 3. The Kier molecular flexibility index (Phi) is 7.39. The minimum atomic E-state index is -1.65. The number of ether oxygens (including phenoxy) is 1. The molecule has 9 heteroatoms. The second-order valence-electron chi connectivity index (χ2n) is 3.01. The van der Waals surface area contributed by atoms with Gasteiger partial charge in [-0.15, -0.1) is 0 Å². The summed E-state index contributed by atoms with van der Waals surface area (Å²) in [4.78, 5) is 31.4. The number of hydrogen-bond donors (Lipinski definition) is 5. The third kappa shape index (κ3) is 9.08. The summed E-state index contributed by atoms with van der Waals surface area (Å²) in [6.07, 6.45) is -1.65. The fraction of sp³-hybridized carbons (Fsp3) is 0.625. The van der Waals surface area contributed by atoms with Crippen molar-refractivity contribution in [3.8, 4) is 0 Å². The van der Waals surface area contributed by atoms with Crippen molar-refractivity contribution in [2.75, 3.05) is 26.3 Å². The number of primary amides is 1. The maximum atomic E-state index is 11.0. The molecule has 3 amide bonds. The first-order chi connectivity index (χ1) is 7.93. The van der Waals surface area contributed by atoms with Crippen molar-refractivity contribution in [2.45, 2.75) is 6.10 Å². The number of aliphatic hydroxyl groups is 1. The number of aliphatic carboxylic acids is 1. The van der Waals surface area contributed by atoms with Crippen LogP contribution in [0.3, 0.4) is 0 Å². The number of carbonyl (C=O) groups excluding carboxylic acids is 2. The monoisotopic (exact) mass is 249 g/mol. The van der Waals surface area contributed by atoms with Crippen LogP contribution in [-0.2, 0) is 14.3 Å². The van der Waals surface area contributed by atoms with E-state index in [9.17, 15) is 14.4 Å². The summed E-state index contributed by atoms with van der Waals surface area (Å²) >= 11 is 0. The number of rotatable bonds is 8. The lowest BCUT2D eigenvalue weighted by Crippen LogP contribution is -2.43. The molecule has 0 aromatic heterocycles. The zero-order valence-electron chi connectivity index (χ0n) is 9.01. The molecule has 0 aromatic rings. The van der Waals surface area contributed by atoms with Gasteiger partial charge in [-0.05, 0) is 0 Å². The van der Waals surface area contributed by atoms with Gasteiger partial charge in [-0.25, -0.2) is 9.59 Å². The van der Waals surface area contributed by atoms with Crippen LogP contribution in [0.4, 0.5) is 4.79 Å². The number of aliphatic hydroxyl groups excluding tert-OH is 1. The van der Waals surface area contributed by atoms with Crippen LogP contribution in [-0.4, -0.2) is 60.5 Å². The molecule has 0 heterocycles. The molecule has 6 N–H and O–H groups in total. The molecule has 0 radical (unpaired) electrons. The first-order valence-corrected chi connectivity index (χ1v) is 4.72. The van der Waals surface area contributed by atoms with Crippen LogP contribution < -0.4 is 16.4 Å². The van der Waals surface area contributed by atoms with E-state index in [0.29, 0.717) is 0 Å². The lowest BCUT2D eigenvalue weighted by Gasteiger charge is -2.09. The summed E-state index contributed by atoms with van der Waals surface area (Å²) < 4.78 is 4.75. The summed E-state index contributed by atoms with van der Waals surface area (Å²) in [5.41, 5.74) is 4.80. The molecule has 1 unspecified atom stereocenters. The van der Waals surface area contributed by atoms with E-state index < -0.39 is 30.6 Å². The van der Waals surface area contributed by atoms with E-state index in [1.807, 2.05) is 0 Å². The molecule has 0 saturated heterocycles. The number of carboxylic acid groups (broad SMARTS) is 1. The van der Waals surface area contributed by atoms with Gasteiger partial charge in [0, 0.05) is 6.54 Å². The predicted molar refractivity (Wildman–Crippen MR) is 55.1 cm³/mol. The molecule has 1 atom stereocenters. The van der Waals surface area contributed by atoms with E-state index in [0.717, 1.165) is 0 Å². The van der Waals surface area contributed by atoms with E-state index in [1.54, 1.807) is 0 Å². The number of hydrogen-bond acceptors (Lipinski definition) is 5. The molecule has 17 heavy (non-hydrogen) atoms. The number of urea groups is 1. The minimum Gasteiger partial charge on any atom is -0.479 e. The smallest absolute Gasteiger partial charge is 0.334 e. The molecular formula is C8H15N3O6. The van der Waals surface area contributed by atoms with E-state index in [4.69, 9.17) is 20.7 Å². The average Bonchev–Trinajstić information content (AvgIpc) is 2.24. The van der Waals surface area contributed by atoms with Gasteiger partial charge in [0.05, 0.1) is 13.2 Å². The second-order valence-corrected chi connectivity index (χ2v) is 3.01. The molecule has 0 aliphatic rings. The fourth-order valence-electron chi connectivity index (χ4n) is 0.749. The van der Waals surface area contributed by atoms with Crippen molar-refractivity contribution >= 4 is 17.9 Å². The van der Waals surface area contributed by atoms with Crippen molar-refractivity contribution in [3.63, 3.8) is 0 Å². The van der Waals surface area contributed by atoms with Crippen molar-refractivity contribution in [1.29, 1.82) is 0 Å². The van der Waals surface area contributed by atoms with Gasteiger partial charge in [-0.2, -0.15) is 0 Å². The molecule has 0 saturated carbocycles. The number of nitrogens with one attached hydrogen (secondary N) is 2. The van der Waals surface area contributed by atoms with E-state index in [1.165, 1.54) is 0 Å². The van der Waals surface area contributed by atoms with Gasteiger partial charge in [0.25, 0.3) is 0 Å². The maximum absolute atomic E-state index is 11.0. The maximum Gasteiger partial charge on any atom is 0.334 e. The van der Waals surface area contributed by atoms with Gasteiger partial charge in [-0.1, -0.05) is 0 Å². The van der Waals surface area contributed by atoms with Crippen molar-refractivity contribution in [3.05, 3.63) is 0 Å². The Balaban J connectivity index is 3.47. The molecule has 0 rings (SSSR count). The number of carbonyl (C=O) groups is 3. The van der Waals surface area contributed by atoms with Crippen molar-refractivity contribution in [1.82, 2.24) is 10.6 Å². The Labute approximate surface area is 96.9 Å². The van der Waals surface area contributed by atoms with Crippen LogP contribution in [0, 0.1) is 0 Å². The van der Waals surface area contributed by atoms with Gasteiger partial charge in [0.15, 0.2) is 6.10 Å². The summed E-state index contributed by atoms with van der Waals surface area (Å²) in [7, 11) is 0. The molecule has 0 aromatic carbocycles. The van der Waals surface area contributed by atoms with Crippen LogP contribution >= 0.6 is 0 Å². The minimum absolute atomic E-state index is 0.0951. The van der Waals surface area contributed by atoms with Crippen LogP contribution in [0.5, 0.6) is 0 Å². The predicted octanol–water partition coefficient (Wildman–Crippen LogP) is -2.77. The summed E-state index contributed by atoms with van der Waals surface area (Å²) in [5, 5.41) is 21.6. The van der Waals surface area contributed by atoms with Crippen LogP contribution in [0.15, 0.2) is 0 Å². The quantitative estimate of drug-likeness (QED) is 0.294. The average molecular weight is 249 g/mol. The highest BCUT2D eigenvalue weighted by atomic mass is 16.5. The van der Waals surface area contributed by atoms with E-state index in [2.05, 4.69) is 10.6 Å². The Hall–Kier alpha value is -1.87.